The van der Waals surface area contributed by atoms with Gasteiger partial charge in [-0.2, -0.15) is 0 Å². The number of likely N-dealkylation sites (tertiary alicyclic amines) is 1. The van der Waals surface area contributed by atoms with Crippen LogP contribution in [0, 0.1) is 5.41 Å². The zero-order chi connectivity index (χ0) is 21.7. The highest BCUT2D eigenvalue weighted by Crippen LogP contribution is 2.42. The number of amides is 1. The van der Waals surface area contributed by atoms with Gasteiger partial charge in [-0.15, -0.1) is 0 Å². The van der Waals surface area contributed by atoms with E-state index in [0.717, 1.165) is 48.0 Å². The van der Waals surface area contributed by atoms with E-state index in [2.05, 4.69) is 43.1 Å². The second-order valence-corrected chi connectivity index (χ2v) is 9.86. The largest absolute Gasteiger partial charge is 0.341 e. The van der Waals surface area contributed by atoms with Crippen molar-refractivity contribution in [3.8, 4) is 0 Å². The molecule has 1 heterocycles. The molecule has 3 rings (SSSR count). The standard InChI is InChI=1S/C25H32Cl2N2O/c1-4-5-23(28-16-18-6-10-20(26)11-7-18)24(30)29-15-14-22(25(2,3)17-29)19-8-12-21(27)13-9-19/h6-13,22-23,28H,4-5,14-17H2,1-3H3/t22?,23-/m1/s1. The van der Waals surface area contributed by atoms with E-state index >= 15 is 0 Å². The molecular formula is C25H32Cl2N2O. The fraction of sp³-hybridized carbons (Fsp3) is 0.480. The van der Waals surface area contributed by atoms with E-state index in [-0.39, 0.29) is 17.4 Å². The number of carbonyl (C=O) groups excluding carboxylic acids is 1. The maximum Gasteiger partial charge on any atom is 0.239 e. The number of halogens is 2. The highest BCUT2D eigenvalue weighted by Gasteiger charge is 2.39. The minimum Gasteiger partial charge on any atom is -0.341 e. The van der Waals surface area contributed by atoms with E-state index in [9.17, 15) is 4.79 Å². The molecule has 1 unspecified atom stereocenters. The number of rotatable bonds is 7. The Balaban J connectivity index is 1.65. The second kappa shape index (κ2) is 10.2. The van der Waals surface area contributed by atoms with Crippen molar-refractivity contribution in [2.75, 3.05) is 13.1 Å². The molecule has 0 radical (unpaired) electrons. The number of carbonyl (C=O) groups is 1. The van der Waals surface area contributed by atoms with Crippen LogP contribution in [0.2, 0.25) is 10.0 Å². The van der Waals surface area contributed by atoms with Crippen molar-refractivity contribution in [1.82, 2.24) is 10.2 Å². The van der Waals surface area contributed by atoms with E-state index in [1.807, 2.05) is 36.4 Å². The van der Waals surface area contributed by atoms with E-state index in [0.29, 0.717) is 12.5 Å². The first-order valence-electron chi connectivity index (χ1n) is 10.8. The number of hydrogen-bond donors (Lipinski definition) is 1. The molecule has 30 heavy (non-hydrogen) atoms. The SMILES string of the molecule is CCC[C@@H](NCc1ccc(Cl)cc1)C(=O)N1CCC(c2ccc(Cl)cc2)C(C)(C)C1. The van der Waals surface area contributed by atoms with Gasteiger partial charge in [-0.25, -0.2) is 0 Å². The Kier molecular flexibility index (Phi) is 7.84. The highest BCUT2D eigenvalue weighted by atomic mass is 35.5. The average molecular weight is 447 g/mol. The number of benzene rings is 2. The maximum absolute atomic E-state index is 13.4. The molecule has 0 aromatic heterocycles. The molecule has 3 nitrogen and oxygen atoms in total. The molecule has 0 spiro atoms. The van der Waals surface area contributed by atoms with E-state index in [1.54, 1.807) is 0 Å². The van der Waals surface area contributed by atoms with Gasteiger partial charge in [0.1, 0.15) is 0 Å². The Morgan fingerprint density at radius 3 is 2.27 bits per heavy atom. The predicted molar refractivity (Wildman–Crippen MR) is 126 cm³/mol. The highest BCUT2D eigenvalue weighted by molar-refractivity contribution is 6.30. The van der Waals surface area contributed by atoms with Crippen LogP contribution in [0.5, 0.6) is 0 Å². The average Bonchev–Trinajstić information content (AvgIpc) is 2.72. The van der Waals surface area contributed by atoms with Gasteiger partial charge in [0.15, 0.2) is 0 Å². The molecule has 2 atom stereocenters. The summed E-state index contributed by atoms with van der Waals surface area (Å²) in [5.74, 6) is 0.638. The Hall–Kier alpha value is -1.55. The number of nitrogens with one attached hydrogen (secondary N) is 1. The fourth-order valence-electron chi connectivity index (χ4n) is 4.52. The Labute approximate surface area is 190 Å². The molecule has 1 N–H and O–H groups in total. The smallest absolute Gasteiger partial charge is 0.239 e. The van der Waals surface area contributed by atoms with Gasteiger partial charge < -0.3 is 10.2 Å². The summed E-state index contributed by atoms with van der Waals surface area (Å²) in [4.78, 5) is 15.4. The van der Waals surface area contributed by atoms with Crippen LogP contribution < -0.4 is 5.32 Å². The van der Waals surface area contributed by atoms with Crippen LogP contribution in [0.4, 0.5) is 0 Å². The lowest BCUT2D eigenvalue weighted by Crippen LogP contribution is -2.53. The summed E-state index contributed by atoms with van der Waals surface area (Å²) in [6, 6.07) is 15.8. The molecule has 5 heteroatoms. The fourth-order valence-corrected chi connectivity index (χ4v) is 4.78. The van der Waals surface area contributed by atoms with Crippen molar-refractivity contribution in [2.24, 2.45) is 5.41 Å². The van der Waals surface area contributed by atoms with Crippen LogP contribution >= 0.6 is 23.2 Å². The van der Waals surface area contributed by atoms with Crippen molar-refractivity contribution >= 4 is 29.1 Å². The predicted octanol–water partition coefficient (Wildman–Crippen LogP) is 6.29. The Morgan fingerprint density at radius 1 is 1.10 bits per heavy atom. The molecule has 0 saturated carbocycles. The molecule has 1 fully saturated rings. The third-order valence-corrected chi connectivity index (χ3v) is 6.66. The molecule has 1 amide bonds. The summed E-state index contributed by atoms with van der Waals surface area (Å²) < 4.78 is 0. The first kappa shape index (κ1) is 23.1. The summed E-state index contributed by atoms with van der Waals surface area (Å²) in [5, 5.41) is 4.97. The molecule has 0 bridgehead atoms. The van der Waals surface area contributed by atoms with Gasteiger partial charge in [0.25, 0.3) is 0 Å². The van der Waals surface area contributed by atoms with Crippen LogP contribution in [0.3, 0.4) is 0 Å². The molecular weight excluding hydrogens is 415 g/mol. The molecule has 1 aliphatic heterocycles. The second-order valence-electron chi connectivity index (χ2n) is 8.99. The lowest BCUT2D eigenvalue weighted by molar-refractivity contribution is -0.137. The Morgan fingerprint density at radius 2 is 1.70 bits per heavy atom. The number of piperidine rings is 1. The summed E-state index contributed by atoms with van der Waals surface area (Å²) >= 11 is 12.0. The summed E-state index contributed by atoms with van der Waals surface area (Å²) in [5.41, 5.74) is 2.45. The molecule has 1 aliphatic rings. The van der Waals surface area contributed by atoms with Gasteiger partial charge in [0.2, 0.25) is 5.91 Å². The monoisotopic (exact) mass is 446 g/mol. The van der Waals surface area contributed by atoms with Crippen molar-refractivity contribution in [3.05, 3.63) is 69.7 Å². The lowest BCUT2D eigenvalue weighted by Gasteiger charge is -2.45. The third kappa shape index (κ3) is 5.78. The van der Waals surface area contributed by atoms with Gasteiger partial charge >= 0.3 is 0 Å². The van der Waals surface area contributed by atoms with Gasteiger partial charge in [-0.1, -0.05) is 74.7 Å². The number of nitrogens with zero attached hydrogens (tertiary/aromatic N) is 1. The molecule has 162 valence electrons. The van der Waals surface area contributed by atoms with Crippen LogP contribution in [0.25, 0.3) is 0 Å². The summed E-state index contributed by atoms with van der Waals surface area (Å²) in [6.07, 6.45) is 2.77. The first-order valence-corrected chi connectivity index (χ1v) is 11.6. The van der Waals surface area contributed by atoms with Crippen LogP contribution in [-0.4, -0.2) is 29.9 Å². The zero-order valence-electron chi connectivity index (χ0n) is 18.1. The van der Waals surface area contributed by atoms with E-state index in [4.69, 9.17) is 23.2 Å². The topological polar surface area (TPSA) is 32.3 Å². The van der Waals surface area contributed by atoms with Crippen molar-refractivity contribution in [2.45, 2.75) is 58.5 Å². The molecule has 2 aromatic carbocycles. The van der Waals surface area contributed by atoms with Crippen LogP contribution in [0.1, 0.15) is 57.1 Å². The van der Waals surface area contributed by atoms with E-state index < -0.39 is 0 Å². The van der Waals surface area contributed by atoms with Crippen LogP contribution in [0.15, 0.2) is 48.5 Å². The minimum atomic E-state index is -0.159. The zero-order valence-corrected chi connectivity index (χ0v) is 19.6. The quantitative estimate of drug-likeness (QED) is 0.541. The maximum atomic E-state index is 13.4. The van der Waals surface area contributed by atoms with Crippen molar-refractivity contribution in [3.63, 3.8) is 0 Å². The normalized spacial score (nSPS) is 19.5. The van der Waals surface area contributed by atoms with Crippen molar-refractivity contribution < 1.29 is 4.79 Å². The van der Waals surface area contributed by atoms with Gasteiger partial charge in [0, 0.05) is 29.7 Å². The van der Waals surface area contributed by atoms with Gasteiger partial charge in [0.05, 0.1) is 6.04 Å². The molecule has 2 aromatic rings. The number of hydrogen-bond acceptors (Lipinski definition) is 2. The van der Waals surface area contributed by atoms with Crippen molar-refractivity contribution in [1.29, 1.82) is 0 Å². The van der Waals surface area contributed by atoms with Gasteiger partial charge in [-0.3, -0.25) is 4.79 Å². The molecule has 0 aliphatic carbocycles. The summed E-state index contributed by atoms with van der Waals surface area (Å²) in [6.45, 7) is 8.88. The molecule has 1 saturated heterocycles. The van der Waals surface area contributed by atoms with Gasteiger partial charge in [-0.05, 0) is 59.6 Å². The first-order chi connectivity index (χ1) is 14.3. The lowest BCUT2D eigenvalue weighted by atomic mass is 9.70. The summed E-state index contributed by atoms with van der Waals surface area (Å²) in [7, 11) is 0. The van der Waals surface area contributed by atoms with E-state index in [1.165, 1.54) is 5.56 Å². The Bertz CT molecular complexity index is 833. The minimum absolute atomic E-state index is 0.00861. The van der Waals surface area contributed by atoms with Crippen LogP contribution in [-0.2, 0) is 11.3 Å². The third-order valence-electron chi connectivity index (χ3n) is 6.15.